The van der Waals surface area contributed by atoms with Gasteiger partial charge < -0.3 is 20.2 Å². The van der Waals surface area contributed by atoms with Crippen LogP contribution < -0.4 is 15.1 Å². The van der Waals surface area contributed by atoms with Crippen molar-refractivity contribution in [1.29, 1.82) is 0 Å². The zero-order valence-electron chi connectivity index (χ0n) is 16.8. The Morgan fingerprint density at radius 3 is 2.13 bits per heavy atom. The van der Waals surface area contributed by atoms with Crippen molar-refractivity contribution in [3.05, 3.63) is 88.9 Å². The zero-order chi connectivity index (χ0) is 21.8. The highest BCUT2D eigenvalue weighted by molar-refractivity contribution is 6.30. The molecule has 31 heavy (non-hydrogen) atoms. The molecule has 3 aromatic carbocycles. The number of rotatable bonds is 5. The third-order valence-corrected chi connectivity index (χ3v) is 5.58. The molecule has 0 aliphatic carbocycles. The van der Waals surface area contributed by atoms with Gasteiger partial charge in [0.25, 0.3) is 5.91 Å². The fourth-order valence-electron chi connectivity index (χ4n) is 3.71. The molecule has 4 rings (SSSR count). The van der Waals surface area contributed by atoms with Crippen LogP contribution in [0.15, 0.2) is 72.8 Å². The number of nitrogens with zero attached hydrogens (tertiary/aromatic N) is 2. The van der Waals surface area contributed by atoms with Crippen LogP contribution >= 0.6 is 11.6 Å². The molecule has 0 atom stereocenters. The lowest BCUT2D eigenvalue weighted by atomic mass is 10.1. The summed E-state index contributed by atoms with van der Waals surface area (Å²) in [5.41, 5.74) is 2.87. The fraction of sp³-hybridized carbons (Fsp3) is 0.167. The Bertz CT molecular complexity index is 1080. The monoisotopic (exact) mass is 435 g/mol. The van der Waals surface area contributed by atoms with Crippen LogP contribution in [0, 0.1) is 0 Å². The van der Waals surface area contributed by atoms with Crippen LogP contribution in [0.3, 0.4) is 0 Å². The summed E-state index contributed by atoms with van der Waals surface area (Å²) in [6, 6.07) is 21.7. The quantitative estimate of drug-likeness (QED) is 0.612. The number of carbonyl (C=O) groups is 2. The molecule has 1 aliphatic rings. The fourth-order valence-corrected chi connectivity index (χ4v) is 3.84. The highest BCUT2D eigenvalue weighted by Crippen LogP contribution is 2.27. The summed E-state index contributed by atoms with van der Waals surface area (Å²) in [6.07, 6.45) is 0. The second-order valence-electron chi connectivity index (χ2n) is 7.31. The van der Waals surface area contributed by atoms with Crippen molar-refractivity contribution < 1.29 is 14.7 Å². The number of aromatic carboxylic acids is 1. The van der Waals surface area contributed by atoms with E-state index in [0.717, 1.165) is 13.1 Å². The summed E-state index contributed by atoms with van der Waals surface area (Å²) in [5.74, 6) is -1.35. The predicted molar refractivity (Wildman–Crippen MR) is 124 cm³/mol. The summed E-state index contributed by atoms with van der Waals surface area (Å²) in [6.45, 7) is 3.04. The zero-order valence-corrected chi connectivity index (χ0v) is 17.5. The minimum atomic E-state index is -1.02. The average molecular weight is 436 g/mol. The number of carboxylic acids is 1. The number of anilines is 3. The van der Waals surface area contributed by atoms with Gasteiger partial charge in [-0.2, -0.15) is 0 Å². The van der Waals surface area contributed by atoms with Crippen LogP contribution in [0.5, 0.6) is 0 Å². The van der Waals surface area contributed by atoms with E-state index >= 15 is 0 Å². The first-order valence-corrected chi connectivity index (χ1v) is 10.4. The number of hydrogen-bond donors (Lipinski definition) is 2. The summed E-state index contributed by atoms with van der Waals surface area (Å²) >= 11 is 5.86. The number of benzene rings is 3. The van der Waals surface area contributed by atoms with Gasteiger partial charge in [-0.25, -0.2) is 4.79 Å². The van der Waals surface area contributed by atoms with E-state index in [2.05, 4.69) is 27.2 Å². The smallest absolute Gasteiger partial charge is 0.337 e. The van der Waals surface area contributed by atoms with Crippen molar-refractivity contribution in [1.82, 2.24) is 0 Å². The molecular weight excluding hydrogens is 414 g/mol. The maximum atomic E-state index is 12.4. The summed E-state index contributed by atoms with van der Waals surface area (Å²) in [5, 5.41) is 13.1. The second kappa shape index (κ2) is 9.10. The van der Waals surface area contributed by atoms with Gasteiger partial charge in [0.1, 0.15) is 0 Å². The highest BCUT2D eigenvalue weighted by atomic mass is 35.5. The van der Waals surface area contributed by atoms with Crippen LogP contribution in [-0.2, 0) is 0 Å². The SMILES string of the molecule is O=C(Nc1ccc(N2CCN(c3ccccc3)CC2)c(C(=O)O)c1)c1ccc(Cl)cc1. The van der Waals surface area contributed by atoms with E-state index in [0.29, 0.717) is 35.1 Å². The van der Waals surface area contributed by atoms with Gasteiger partial charge in [0, 0.05) is 48.1 Å². The number of nitrogens with one attached hydrogen (secondary N) is 1. The second-order valence-corrected chi connectivity index (χ2v) is 7.74. The van der Waals surface area contributed by atoms with E-state index < -0.39 is 5.97 Å². The van der Waals surface area contributed by atoms with Crippen molar-refractivity contribution >= 4 is 40.5 Å². The molecular formula is C24H22ClN3O3. The van der Waals surface area contributed by atoms with Crippen molar-refractivity contribution in [2.45, 2.75) is 0 Å². The predicted octanol–water partition coefficient (Wildman–Crippen LogP) is 4.62. The number of carbonyl (C=O) groups excluding carboxylic acids is 1. The molecule has 2 N–H and O–H groups in total. The number of carboxylic acid groups (broad SMARTS) is 1. The van der Waals surface area contributed by atoms with Crippen molar-refractivity contribution in [3.8, 4) is 0 Å². The topological polar surface area (TPSA) is 72.9 Å². The molecule has 0 spiro atoms. The first kappa shape index (κ1) is 20.8. The van der Waals surface area contributed by atoms with Gasteiger partial charge in [-0.1, -0.05) is 29.8 Å². The minimum Gasteiger partial charge on any atom is -0.478 e. The van der Waals surface area contributed by atoms with Gasteiger partial charge in [0.15, 0.2) is 0 Å². The van der Waals surface area contributed by atoms with E-state index in [4.69, 9.17) is 11.6 Å². The van der Waals surface area contributed by atoms with Gasteiger partial charge in [-0.15, -0.1) is 0 Å². The minimum absolute atomic E-state index is 0.169. The Hall–Kier alpha value is -3.51. The summed E-state index contributed by atoms with van der Waals surface area (Å²) < 4.78 is 0. The lowest BCUT2D eigenvalue weighted by molar-refractivity contribution is 0.0697. The average Bonchev–Trinajstić information content (AvgIpc) is 2.80. The molecule has 1 amide bonds. The standard InChI is InChI=1S/C24H22ClN3O3/c25-18-8-6-17(7-9-18)23(29)26-19-10-11-22(21(16-19)24(30)31)28-14-12-27(13-15-28)20-4-2-1-3-5-20/h1-11,16H,12-15H2,(H,26,29)(H,30,31). The van der Waals surface area contributed by atoms with Gasteiger partial charge in [-0.05, 0) is 54.6 Å². The van der Waals surface area contributed by atoms with Gasteiger partial charge in [0.05, 0.1) is 11.3 Å². The van der Waals surface area contributed by atoms with Crippen molar-refractivity contribution in [3.63, 3.8) is 0 Å². The van der Waals surface area contributed by atoms with Crippen LogP contribution in [0.2, 0.25) is 5.02 Å². The van der Waals surface area contributed by atoms with Crippen LogP contribution in [0.1, 0.15) is 20.7 Å². The lowest BCUT2D eigenvalue weighted by Gasteiger charge is -2.38. The molecule has 0 unspecified atom stereocenters. The maximum absolute atomic E-state index is 12.4. The van der Waals surface area contributed by atoms with E-state index in [1.807, 2.05) is 18.2 Å². The van der Waals surface area contributed by atoms with E-state index in [1.54, 1.807) is 36.4 Å². The molecule has 3 aromatic rings. The van der Waals surface area contributed by atoms with Gasteiger partial charge in [-0.3, -0.25) is 4.79 Å². The molecule has 1 heterocycles. The van der Waals surface area contributed by atoms with Crippen LogP contribution in [0.4, 0.5) is 17.1 Å². The molecule has 0 saturated carbocycles. The molecule has 1 saturated heterocycles. The molecule has 0 bridgehead atoms. The number of hydrogen-bond acceptors (Lipinski definition) is 4. The maximum Gasteiger partial charge on any atom is 0.337 e. The van der Waals surface area contributed by atoms with E-state index in [-0.39, 0.29) is 11.5 Å². The number of amides is 1. The lowest BCUT2D eigenvalue weighted by Crippen LogP contribution is -2.47. The molecule has 0 aromatic heterocycles. The van der Waals surface area contributed by atoms with Gasteiger partial charge >= 0.3 is 5.97 Å². The van der Waals surface area contributed by atoms with Crippen molar-refractivity contribution in [2.24, 2.45) is 0 Å². The molecule has 7 heteroatoms. The first-order chi connectivity index (χ1) is 15.0. The first-order valence-electron chi connectivity index (χ1n) is 10.0. The van der Waals surface area contributed by atoms with E-state index in [1.165, 1.54) is 11.8 Å². The Morgan fingerprint density at radius 1 is 0.839 bits per heavy atom. The third kappa shape index (κ3) is 4.81. The Morgan fingerprint density at radius 2 is 1.48 bits per heavy atom. The summed E-state index contributed by atoms with van der Waals surface area (Å²) in [7, 11) is 0. The Kier molecular flexibility index (Phi) is 6.09. The molecule has 6 nitrogen and oxygen atoms in total. The normalized spacial score (nSPS) is 13.7. The molecule has 158 valence electrons. The molecule has 1 aliphatic heterocycles. The molecule has 1 fully saturated rings. The Balaban J connectivity index is 1.48. The largest absolute Gasteiger partial charge is 0.478 e. The highest BCUT2D eigenvalue weighted by Gasteiger charge is 2.22. The van der Waals surface area contributed by atoms with Gasteiger partial charge in [0.2, 0.25) is 0 Å². The Labute approximate surface area is 185 Å². The van der Waals surface area contributed by atoms with E-state index in [9.17, 15) is 14.7 Å². The van der Waals surface area contributed by atoms with Crippen LogP contribution in [0.25, 0.3) is 0 Å². The van der Waals surface area contributed by atoms with Crippen molar-refractivity contribution in [2.75, 3.05) is 41.3 Å². The third-order valence-electron chi connectivity index (χ3n) is 5.33. The number of halogens is 1. The number of piperazine rings is 1. The van der Waals surface area contributed by atoms with Crippen LogP contribution in [-0.4, -0.2) is 43.2 Å². The molecule has 0 radical (unpaired) electrons. The number of para-hydroxylation sites is 1. The summed E-state index contributed by atoms with van der Waals surface area (Å²) in [4.78, 5) is 28.7.